The van der Waals surface area contributed by atoms with E-state index in [1.165, 1.54) is 11.3 Å². The zero-order valence-corrected chi connectivity index (χ0v) is 15.1. The van der Waals surface area contributed by atoms with Crippen molar-refractivity contribution in [2.24, 2.45) is 12.0 Å². The summed E-state index contributed by atoms with van der Waals surface area (Å²) in [5, 5.41) is 0. The maximum Gasteiger partial charge on any atom is 0.279 e. The standard InChI is InChI=1S/C17H15BrN2O2S/c1-3-22-13-8-9-14-15(10-13)23-17(20(14)2)19-16(21)11-4-6-12(18)7-5-11/h4-10H,3H2,1-2H3. The van der Waals surface area contributed by atoms with Gasteiger partial charge in [0.2, 0.25) is 0 Å². The smallest absolute Gasteiger partial charge is 0.279 e. The van der Waals surface area contributed by atoms with Gasteiger partial charge in [-0.1, -0.05) is 27.3 Å². The predicted molar refractivity (Wildman–Crippen MR) is 96.0 cm³/mol. The number of aryl methyl sites for hydroxylation is 1. The van der Waals surface area contributed by atoms with Crippen molar-refractivity contribution in [3.63, 3.8) is 0 Å². The maximum absolute atomic E-state index is 12.3. The molecule has 0 atom stereocenters. The summed E-state index contributed by atoms with van der Waals surface area (Å²) in [6, 6.07) is 13.1. The summed E-state index contributed by atoms with van der Waals surface area (Å²) in [5.41, 5.74) is 1.60. The Balaban J connectivity index is 2.03. The Labute approximate surface area is 146 Å². The van der Waals surface area contributed by atoms with Gasteiger partial charge in [0.25, 0.3) is 5.91 Å². The SMILES string of the molecule is CCOc1ccc2c(c1)sc(=NC(=O)c1ccc(Br)cc1)n2C. The number of rotatable bonds is 3. The van der Waals surface area contributed by atoms with Crippen LogP contribution in [0.25, 0.3) is 10.2 Å². The summed E-state index contributed by atoms with van der Waals surface area (Å²) in [5.74, 6) is 0.581. The van der Waals surface area contributed by atoms with E-state index < -0.39 is 0 Å². The van der Waals surface area contributed by atoms with Crippen LogP contribution in [0.2, 0.25) is 0 Å². The predicted octanol–water partition coefficient (Wildman–Crippen LogP) is 4.14. The highest BCUT2D eigenvalue weighted by Gasteiger charge is 2.08. The molecule has 0 unspecified atom stereocenters. The van der Waals surface area contributed by atoms with E-state index in [2.05, 4.69) is 20.9 Å². The first kappa shape index (κ1) is 16.0. The number of fused-ring (bicyclic) bond motifs is 1. The fraction of sp³-hybridized carbons (Fsp3) is 0.176. The van der Waals surface area contributed by atoms with Crippen LogP contribution in [0.3, 0.4) is 0 Å². The second-order valence-electron chi connectivity index (χ2n) is 4.93. The number of ether oxygens (including phenoxy) is 1. The van der Waals surface area contributed by atoms with E-state index in [1.54, 1.807) is 12.1 Å². The zero-order chi connectivity index (χ0) is 16.4. The van der Waals surface area contributed by atoms with Crippen LogP contribution in [0, 0.1) is 0 Å². The third-order valence-corrected chi connectivity index (χ3v) is 5.00. The van der Waals surface area contributed by atoms with Gasteiger partial charge < -0.3 is 9.30 Å². The number of thiazole rings is 1. The van der Waals surface area contributed by atoms with Crippen molar-refractivity contribution in [3.05, 3.63) is 57.3 Å². The normalized spacial score (nSPS) is 11.9. The average molecular weight is 391 g/mol. The highest BCUT2D eigenvalue weighted by atomic mass is 79.9. The van der Waals surface area contributed by atoms with Crippen LogP contribution in [0.5, 0.6) is 5.75 Å². The quantitative estimate of drug-likeness (QED) is 0.674. The molecule has 0 bridgehead atoms. The molecule has 4 nitrogen and oxygen atoms in total. The van der Waals surface area contributed by atoms with Crippen molar-refractivity contribution in [1.82, 2.24) is 4.57 Å². The Bertz CT molecular complexity index is 926. The molecule has 118 valence electrons. The molecule has 23 heavy (non-hydrogen) atoms. The van der Waals surface area contributed by atoms with Gasteiger partial charge in [-0.05, 0) is 49.4 Å². The van der Waals surface area contributed by atoms with Crippen LogP contribution in [0.4, 0.5) is 0 Å². The molecular weight excluding hydrogens is 376 g/mol. The summed E-state index contributed by atoms with van der Waals surface area (Å²) in [6.07, 6.45) is 0. The van der Waals surface area contributed by atoms with Crippen molar-refractivity contribution in [1.29, 1.82) is 0 Å². The summed E-state index contributed by atoms with van der Waals surface area (Å²) in [6.45, 7) is 2.58. The van der Waals surface area contributed by atoms with E-state index in [1.807, 2.05) is 48.9 Å². The third-order valence-electron chi connectivity index (χ3n) is 3.38. The molecule has 1 heterocycles. The van der Waals surface area contributed by atoms with Gasteiger partial charge in [0.05, 0.1) is 16.8 Å². The van der Waals surface area contributed by atoms with Gasteiger partial charge in [-0.15, -0.1) is 0 Å². The van der Waals surface area contributed by atoms with E-state index in [4.69, 9.17) is 4.74 Å². The van der Waals surface area contributed by atoms with Crippen LogP contribution < -0.4 is 9.54 Å². The lowest BCUT2D eigenvalue weighted by atomic mass is 10.2. The summed E-state index contributed by atoms with van der Waals surface area (Å²) in [4.78, 5) is 17.2. The Morgan fingerprint density at radius 1 is 1.26 bits per heavy atom. The fourth-order valence-electron chi connectivity index (χ4n) is 2.22. The van der Waals surface area contributed by atoms with Gasteiger partial charge in [0.15, 0.2) is 4.80 Å². The Morgan fingerprint density at radius 3 is 2.70 bits per heavy atom. The molecule has 0 aliphatic carbocycles. The van der Waals surface area contributed by atoms with Gasteiger partial charge in [-0.3, -0.25) is 4.79 Å². The lowest BCUT2D eigenvalue weighted by molar-refractivity contribution is 0.0998. The summed E-state index contributed by atoms with van der Waals surface area (Å²) >= 11 is 4.84. The second kappa shape index (κ2) is 6.68. The van der Waals surface area contributed by atoms with Crippen molar-refractivity contribution in [2.75, 3.05) is 6.61 Å². The first-order valence-corrected chi connectivity index (χ1v) is 8.76. The first-order valence-electron chi connectivity index (χ1n) is 7.15. The molecule has 0 spiro atoms. The molecule has 0 saturated carbocycles. The van der Waals surface area contributed by atoms with Crippen molar-refractivity contribution >= 4 is 43.4 Å². The van der Waals surface area contributed by atoms with E-state index >= 15 is 0 Å². The molecule has 1 aromatic heterocycles. The van der Waals surface area contributed by atoms with Crippen LogP contribution >= 0.6 is 27.3 Å². The summed E-state index contributed by atoms with van der Waals surface area (Å²) < 4.78 is 9.42. The molecular formula is C17H15BrN2O2S. The van der Waals surface area contributed by atoms with Gasteiger partial charge in [0, 0.05) is 17.1 Å². The van der Waals surface area contributed by atoms with E-state index in [9.17, 15) is 4.79 Å². The molecule has 0 aliphatic heterocycles. The number of halogens is 1. The van der Waals surface area contributed by atoms with Crippen molar-refractivity contribution < 1.29 is 9.53 Å². The van der Waals surface area contributed by atoms with E-state index in [0.29, 0.717) is 17.0 Å². The highest BCUT2D eigenvalue weighted by Crippen LogP contribution is 2.22. The first-order chi connectivity index (χ1) is 11.1. The molecule has 0 radical (unpaired) electrons. The number of hydrogen-bond acceptors (Lipinski definition) is 3. The van der Waals surface area contributed by atoms with Crippen LogP contribution in [0.1, 0.15) is 17.3 Å². The highest BCUT2D eigenvalue weighted by molar-refractivity contribution is 9.10. The summed E-state index contributed by atoms with van der Waals surface area (Å²) in [7, 11) is 1.91. The Kier molecular flexibility index (Phi) is 4.63. The fourth-order valence-corrected chi connectivity index (χ4v) is 3.53. The largest absolute Gasteiger partial charge is 0.494 e. The third kappa shape index (κ3) is 3.38. The number of carbonyl (C=O) groups is 1. The Hall–Kier alpha value is -1.92. The molecule has 0 saturated heterocycles. The molecule has 0 aliphatic rings. The van der Waals surface area contributed by atoms with Gasteiger partial charge >= 0.3 is 0 Å². The van der Waals surface area contributed by atoms with Crippen molar-refractivity contribution in [3.8, 4) is 5.75 Å². The lowest BCUT2D eigenvalue weighted by Gasteiger charge is -2.02. The Morgan fingerprint density at radius 2 is 2.00 bits per heavy atom. The number of carbonyl (C=O) groups excluding carboxylic acids is 1. The number of nitrogens with zero attached hydrogens (tertiary/aromatic N) is 2. The topological polar surface area (TPSA) is 43.6 Å². The molecule has 6 heteroatoms. The average Bonchev–Trinajstić information content (AvgIpc) is 2.84. The number of hydrogen-bond donors (Lipinski definition) is 0. The molecule has 3 aromatic rings. The molecule has 0 N–H and O–H groups in total. The van der Waals surface area contributed by atoms with Crippen molar-refractivity contribution in [2.45, 2.75) is 6.92 Å². The van der Waals surface area contributed by atoms with Gasteiger partial charge in [-0.25, -0.2) is 0 Å². The number of aromatic nitrogens is 1. The number of benzene rings is 2. The van der Waals surface area contributed by atoms with Gasteiger partial charge in [0.1, 0.15) is 5.75 Å². The monoisotopic (exact) mass is 390 g/mol. The molecule has 2 aromatic carbocycles. The second-order valence-corrected chi connectivity index (χ2v) is 6.85. The van der Waals surface area contributed by atoms with E-state index in [0.717, 1.165) is 20.4 Å². The zero-order valence-electron chi connectivity index (χ0n) is 12.7. The minimum atomic E-state index is -0.246. The lowest BCUT2D eigenvalue weighted by Crippen LogP contribution is -2.13. The molecule has 0 fully saturated rings. The van der Waals surface area contributed by atoms with Crippen LogP contribution in [0.15, 0.2) is 51.9 Å². The molecule has 3 rings (SSSR count). The minimum absolute atomic E-state index is 0.246. The van der Waals surface area contributed by atoms with E-state index in [-0.39, 0.29) is 5.91 Å². The maximum atomic E-state index is 12.3. The van der Waals surface area contributed by atoms with Crippen LogP contribution in [-0.4, -0.2) is 17.1 Å². The van der Waals surface area contributed by atoms with Gasteiger partial charge in [-0.2, -0.15) is 4.99 Å². The van der Waals surface area contributed by atoms with Crippen LogP contribution in [-0.2, 0) is 7.05 Å². The minimum Gasteiger partial charge on any atom is -0.494 e. The molecule has 1 amide bonds. The number of amides is 1.